The minimum Gasteiger partial charge on any atom is -0.379 e. The molecular weight excluding hydrogens is 212 g/mol. The van der Waals surface area contributed by atoms with E-state index in [1.807, 2.05) is 11.8 Å². The molecule has 0 aliphatic carbocycles. The number of thioether (sulfide) groups is 2. The van der Waals surface area contributed by atoms with Gasteiger partial charge < -0.3 is 5.73 Å². The van der Waals surface area contributed by atoms with Crippen molar-refractivity contribution >= 4 is 41.1 Å². The van der Waals surface area contributed by atoms with Gasteiger partial charge in [-0.2, -0.15) is 11.8 Å². The summed E-state index contributed by atoms with van der Waals surface area (Å²) in [6, 6.07) is 0. The number of nitrogens with one attached hydrogen (secondary N) is 1. The molecule has 2 nitrogen and oxygen atoms in total. The zero-order valence-corrected chi connectivity index (χ0v) is 9.79. The number of rotatable bonds is 6. The quantitative estimate of drug-likeness (QED) is 0.418. The molecule has 0 unspecified atom stereocenters. The summed E-state index contributed by atoms with van der Waals surface area (Å²) in [4.78, 5) is 0. The zero-order valence-electron chi connectivity index (χ0n) is 7.34. The Balaban J connectivity index is 0. The molecule has 0 fully saturated rings. The maximum absolute atomic E-state index is 6.94. The van der Waals surface area contributed by atoms with E-state index in [1.54, 1.807) is 0 Å². The van der Waals surface area contributed by atoms with Gasteiger partial charge in [-0.05, 0) is 12.2 Å². The molecule has 0 saturated heterocycles. The summed E-state index contributed by atoms with van der Waals surface area (Å²) >= 11 is 3.38. The highest BCUT2D eigenvalue weighted by atomic mass is 35.5. The molecule has 0 bridgehead atoms. The third-order valence-corrected chi connectivity index (χ3v) is 3.18. The van der Waals surface area contributed by atoms with Crippen molar-refractivity contribution in [2.75, 3.05) is 17.3 Å². The SMILES string of the molecule is CCCCSCCSC(=N)N.Cl. The van der Waals surface area contributed by atoms with E-state index in [2.05, 4.69) is 6.92 Å². The van der Waals surface area contributed by atoms with E-state index in [-0.39, 0.29) is 17.6 Å². The smallest absolute Gasteiger partial charge is 0.151 e. The summed E-state index contributed by atoms with van der Waals surface area (Å²) in [5.41, 5.74) is 5.17. The van der Waals surface area contributed by atoms with Crippen LogP contribution in [0.5, 0.6) is 0 Å². The van der Waals surface area contributed by atoms with Crippen LogP contribution in [0.2, 0.25) is 0 Å². The van der Waals surface area contributed by atoms with Crippen LogP contribution in [0, 0.1) is 5.41 Å². The molecule has 0 aromatic carbocycles. The lowest BCUT2D eigenvalue weighted by Gasteiger charge is -1.98. The van der Waals surface area contributed by atoms with Crippen molar-refractivity contribution in [1.29, 1.82) is 5.41 Å². The first-order valence-corrected chi connectivity index (χ1v) is 5.96. The van der Waals surface area contributed by atoms with Crippen LogP contribution in [-0.4, -0.2) is 22.4 Å². The Morgan fingerprint density at radius 2 is 2.00 bits per heavy atom. The van der Waals surface area contributed by atoms with Gasteiger partial charge in [0.05, 0.1) is 0 Å². The van der Waals surface area contributed by atoms with Crippen molar-refractivity contribution in [2.45, 2.75) is 19.8 Å². The van der Waals surface area contributed by atoms with Crippen LogP contribution in [0.3, 0.4) is 0 Å². The number of unbranched alkanes of at least 4 members (excludes halogenated alkanes) is 1. The molecule has 0 radical (unpaired) electrons. The van der Waals surface area contributed by atoms with Crippen molar-refractivity contribution in [3.63, 3.8) is 0 Å². The van der Waals surface area contributed by atoms with Gasteiger partial charge >= 0.3 is 0 Å². The first-order valence-electron chi connectivity index (χ1n) is 3.82. The van der Waals surface area contributed by atoms with Gasteiger partial charge in [-0.1, -0.05) is 25.1 Å². The lowest BCUT2D eigenvalue weighted by atomic mass is 10.4. The minimum absolute atomic E-state index is 0. The Labute approximate surface area is 89.4 Å². The van der Waals surface area contributed by atoms with Gasteiger partial charge in [0.2, 0.25) is 0 Å². The maximum atomic E-state index is 6.94. The number of hydrogen-bond acceptors (Lipinski definition) is 3. The predicted molar refractivity (Wildman–Crippen MR) is 63.9 cm³/mol. The molecule has 0 aliphatic heterocycles. The summed E-state index contributed by atoms with van der Waals surface area (Å²) in [5, 5.41) is 7.18. The van der Waals surface area contributed by atoms with Crippen LogP contribution < -0.4 is 5.73 Å². The Bertz CT molecular complexity index is 112. The number of nitrogens with two attached hydrogens (primary N) is 1. The number of halogens is 1. The molecule has 0 aromatic heterocycles. The van der Waals surface area contributed by atoms with E-state index in [9.17, 15) is 0 Å². The van der Waals surface area contributed by atoms with Crippen LogP contribution in [0.15, 0.2) is 0 Å². The first kappa shape index (κ1) is 15.0. The third kappa shape index (κ3) is 13.1. The Hall–Kier alpha value is 0.460. The second kappa shape index (κ2) is 11.5. The molecule has 0 heterocycles. The standard InChI is InChI=1S/C7H16N2S2.ClH/c1-2-3-4-10-5-6-11-7(8)9;/h2-6H2,1H3,(H3,8,9);1H. The minimum atomic E-state index is 0. The summed E-state index contributed by atoms with van der Waals surface area (Å²) < 4.78 is 0. The monoisotopic (exact) mass is 228 g/mol. The highest BCUT2D eigenvalue weighted by molar-refractivity contribution is 8.14. The van der Waals surface area contributed by atoms with E-state index in [1.165, 1.54) is 30.4 Å². The predicted octanol–water partition coefficient (Wildman–Crippen LogP) is 2.57. The zero-order chi connectivity index (χ0) is 8.53. The Morgan fingerprint density at radius 1 is 1.33 bits per heavy atom. The van der Waals surface area contributed by atoms with Gasteiger partial charge in [0.25, 0.3) is 0 Å². The molecular formula is C7H17ClN2S2. The maximum Gasteiger partial charge on any atom is 0.151 e. The van der Waals surface area contributed by atoms with E-state index < -0.39 is 0 Å². The van der Waals surface area contributed by atoms with Gasteiger partial charge in [0.15, 0.2) is 5.17 Å². The van der Waals surface area contributed by atoms with Crippen LogP contribution in [0.25, 0.3) is 0 Å². The average molecular weight is 229 g/mol. The average Bonchev–Trinajstić information content (AvgIpc) is 1.96. The highest BCUT2D eigenvalue weighted by Crippen LogP contribution is 2.08. The molecule has 3 N–H and O–H groups in total. The molecule has 0 spiro atoms. The Kier molecular flexibility index (Phi) is 14.3. The summed E-state index contributed by atoms with van der Waals surface area (Å²) in [6.07, 6.45) is 2.57. The molecule has 0 aliphatic rings. The van der Waals surface area contributed by atoms with Crippen molar-refractivity contribution < 1.29 is 0 Å². The molecule has 0 aromatic rings. The molecule has 12 heavy (non-hydrogen) atoms. The fourth-order valence-electron chi connectivity index (χ4n) is 0.559. The number of hydrogen-bond donors (Lipinski definition) is 2. The molecule has 0 saturated carbocycles. The van der Waals surface area contributed by atoms with Crippen molar-refractivity contribution in [2.24, 2.45) is 5.73 Å². The second-order valence-corrected chi connectivity index (χ2v) is 4.54. The first-order chi connectivity index (χ1) is 5.27. The van der Waals surface area contributed by atoms with E-state index in [4.69, 9.17) is 11.1 Å². The molecule has 0 atom stereocenters. The lowest BCUT2D eigenvalue weighted by Crippen LogP contribution is -2.05. The van der Waals surface area contributed by atoms with Gasteiger partial charge in [0, 0.05) is 11.5 Å². The van der Waals surface area contributed by atoms with Gasteiger partial charge in [0.1, 0.15) is 0 Å². The lowest BCUT2D eigenvalue weighted by molar-refractivity contribution is 0.896. The van der Waals surface area contributed by atoms with E-state index in [0.29, 0.717) is 0 Å². The van der Waals surface area contributed by atoms with Gasteiger partial charge in [-0.25, -0.2) is 0 Å². The van der Waals surface area contributed by atoms with Gasteiger partial charge in [-0.15, -0.1) is 12.4 Å². The summed E-state index contributed by atoms with van der Waals surface area (Å²) in [5.74, 6) is 3.34. The topological polar surface area (TPSA) is 49.9 Å². The second-order valence-electron chi connectivity index (χ2n) is 2.18. The molecule has 0 amide bonds. The molecule has 74 valence electrons. The summed E-state index contributed by atoms with van der Waals surface area (Å²) in [7, 11) is 0. The van der Waals surface area contributed by atoms with Crippen molar-refractivity contribution in [3.05, 3.63) is 0 Å². The van der Waals surface area contributed by atoms with E-state index in [0.717, 1.165) is 11.5 Å². The van der Waals surface area contributed by atoms with Gasteiger partial charge in [-0.3, -0.25) is 5.41 Å². The fourth-order valence-corrected chi connectivity index (χ4v) is 2.28. The fraction of sp³-hybridized carbons (Fsp3) is 0.857. The normalized spacial score (nSPS) is 9.08. The van der Waals surface area contributed by atoms with Crippen LogP contribution >= 0.6 is 35.9 Å². The number of amidine groups is 1. The van der Waals surface area contributed by atoms with Crippen molar-refractivity contribution in [3.8, 4) is 0 Å². The summed E-state index contributed by atoms with van der Waals surface area (Å²) in [6.45, 7) is 2.20. The largest absolute Gasteiger partial charge is 0.379 e. The molecule has 0 rings (SSSR count). The van der Waals surface area contributed by atoms with Crippen molar-refractivity contribution in [1.82, 2.24) is 0 Å². The Morgan fingerprint density at radius 3 is 2.50 bits per heavy atom. The highest BCUT2D eigenvalue weighted by Gasteiger charge is 1.91. The van der Waals surface area contributed by atoms with Crippen LogP contribution in [-0.2, 0) is 0 Å². The van der Waals surface area contributed by atoms with E-state index >= 15 is 0 Å². The van der Waals surface area contributed by atoms with Crippen LogP contribution in [0.4, 0.5) is 0 Å². The third-order valence-electron chi connectivity index (χ3n) is 1.13. The molecule has 5 heteroatoms. The van der Waals surface area contributed by atoms with Crippen LogP contribution in [0.1, 0.15) is 19.8 Å².